The molecule has 0 atom stereocenters. The third-order valence-electron chi connectivity index (χ3n) is 7.40. The Hall–Kier alpha value is -1.50. The van der Waals surface area contributed by atoms with Crippen molar-refractivity contribution in [1.29, 1.82) is 0 Å². The van der Waals surface area contributed by atoms with Crippen LogP contribution in [0.5, 0.6) is 0 Å². The van der Waals surface area contributed by atoms with Crippen molar-refractivity contribution in [3.8, 4) is 11.8 Å². The number of piperazine rings is 1. The van der Waals surface area contributed by atoms with Crippen molar-refractivity contribution in [2.24, 2.45) is 16.7 Å². The van der Waals surface area contributed by atoms with Crippen LogP contribution in [0.25, 0.3) is 0 Å². The van der Waals surface area contributed by atoms with E-state index in [9.17, 15) is 0 Å². The van der Waals surface area contributed by atoms with Crippen molar-refractivity contribution in [2.75, 3.05) is 51.3 Å². The Labute approximate surface area is 190 Å². The van der Waals surface area contributed by atoms with Crippen LogP contribution in [0.4, 0.5) is 5.69 Å². The van der Waals surface area contributed by atoms with E-state index < -0.39 is 0 Å². The molecule has 3 heteroatoms. The Morgan fingerprint density at radius 2 is 1.68 bits per heavy atom. The molecule has 0 spiro atoms. The average Bonchev–Trinajstić information content (AvgIpc) is 3.50. The van der Waals surface area contributed by atoms with Crippen LogP contribution in [-0.4, -0.2) is 51.3 Å². The van der Waals surface area contributed by atoms with Gasteiger partial charge >= 0.3 is 0 Å². The molecule has 4 rings (SSSR count). The zero-order valence-corrected chi connectivity index (χ0v) is 20.5. The van der Waals surface area contributed by atoms with E-state index in [4.69, 9.17) is 4.74 Å². The molecule has 0 amide bonds. The summed E-state index contributed by atoms with van der Waals surface area (Å²) in [7, 11) is 1.71. The Bertz CT molecular complexity index is 803. The lowest BCUT2D eigenvalue weighted by atomic mass is 9.60. The van der Waals surface area contributed by atoms with E-state index in [1.165, 1.54) is 63.0 Å². The van der Waals surface area contributed by atoms with E-state index in [1.54, 1.807) is 7.11 Å². The lowest BCUT2D eigenvalue weighted by molar-refractivity contribution is 0.0969. The van der Waals surface area contributed by atoms with E-state index in [-0.39, 0.29) is 0 Å². The van der Waals surface area contributed by atoms with Gasteiger partial charge in [-0.3, -0.25) is 4.90 Å². The summed E-state index contributed by atoms with van der Waals surface area (Å²) in [5.74, 6) is 8.07. The van der Waals surface area contributed by atoms with Gasteiger partial charge < -0.3 is 9.64 Å². The Balaban J connectivity index is 1.59. The molecule has 0 N–H and O–H groups in total. The minimum absolute atomic E-state index is 0.379. The lowest BCUT2D eigenvalue weighted by Crippen LogP contribution is -2.47. The normalized spacial score (nSPS) is 24.0. The van der Waals surface area contributed by atoms with Gasteiger partial charge in [0.25, 0.3) is 0 Å². The van der Waals surface area contributed by atoms with Crippen LogP contribution in [0.1, 0.15) is 76.8 Å². The van der Waals surface area contributed by atoms with Gasteiger partial charge in [-0.2, -0.15) is 0 Å². The molecule has 1 saturated heterocycles. The van der Waals surface area contributed by atoms with Gasteiger partial charge in [-0.15, -0.1) is 0 Å². The number of anilines is 1. The second-order valence-electron chi connectivity index (χ2n) is 11.8. The smallest absolute Gasteiger partial charge is 0.107 e. The summed E-state index contributed by atoms with van der Waals surface area (Å²) in [5.41, 5.74) is 4.88. The number of rotatable bonds is 5. The van der Waals surface area contributed by atoms with Gasteiger partial charge in [-0.05, 0) is 78.5 Å². The van der Waals surface area contributed by atoms with E-state index in [2.05, 4.69) is 67.5 Å². The maximum atomic E-state index is 5.14. The molecule has 1 aromatic carbocycles. The predicted molar refractivity (Wildman–Crippen MR) is 131 cm³/mol. The summed E-state index contributed by atoms with van der Waals surface area (Å²) in [5, 5.41) is 0. The molecule has 3 aliphatic rings. The molecule has 3 fully saturated rings. The van der Waals surface area contributed by atoms with Crippen LogP contribution >= 0.6 is 0 Å². The van der Waals surface area contributed by atoms with Crippen molar-refractivity contribution in [3.63, 3.8) is 0 Å². The fourth-order valence-electron chi connectivity index (χ4n) is 6.36. The first-order valence-electron chi connectivity index (χ1n) is 12.3. The maximum Gasteiger partial charge on any atom is 0.107 e. The van der Waals surface area contributed by atoms with Gasteiger partial charge in [0.15, 0.2) is 0 Å². The van der Waals surface area contributed by atoms with Crippen LogP contribution in [0.2, 0.25) is 0 Å². The summed E-state index contributed by atoms with van der Waals surface area (Å²) in [6.07, 6.45) is 6.73. The first-order chi connectivity index (χ1) is 14.7. The van der Waals surface area contributed by atoms with Crippen LogP contribution in [0.3, 0.4) is 0 Å². The molecule has 1 heterocycles. The molecular formula is C28H42N2O. The lowest BCUT2D eigenvalue weighted by Gasteiger charge is -2.46. The molecule has 1 aliphatic heterocycles. The van der Waals surface area contributed by atoms with E-state index in [0.29, 0.717) is 23.4 Å². The standard InChI is InChI=1S/C28H42N2O/c1-27(2)18-24(19-28(3,4)21-27)25-17-22(7-6-16-31-5)10-11-26(25)30-14-12-29(13-15-30)20-23-8-9-23/h10-11,17,23-24H,8-9,12-16,18-21H2,1-5H3. The van der Waals surface area contributed by atoms with Crippen molar-refractivity contribution >= 4 is 5.69 Å². The third-order valence-corrected chi connectivity index (χ3v) is 7.40. The number of nitrogens with zero attached hydrogens (tertiary/aromatic N) is 2. The molecule has 3 nitrogen and oxygen atoms in total. The molecule has 0 unspecified atom stereocenters. The van der Waals surface area contributed by atoms with Gasteiger partial charge in [0.05, 0.1) is 0 Å². The summed E-state index contributed by atoms with van der Waals surface area (Å²) >= 11 is 0. The van der Waals surface area contributed by atoms with Crippen molar-refractivity contribution in [2.45, 2.75) is 65.7 Å². The molecule has 170 valence electrons. The monoisotopic (exact) mass is 422 g/mol. The summed E-state index contributed by atoms with van der Waals surface area (Å²) in [6, 6.07) is 6.98. The Kier molecular flexibility index (Phi) is 6.71. The zero-order chi connectivity index (χ0) is 22.1. The molecule has 2 saturated carbocycles. The highest BCUT2D eigenvalue weighted by atomic mass is 16.5. The SMILES string of the molecule is COCC#Cc1ccc(N2CCN(CC3CC3)CC2)c(C2CC(C)(C)CC(C)(C)C2)c1. The Morgan fingerprint density at radius 1 is 1.00 bits per heavy atom. The third kappa shape index (κ3) is 6.05. The predicted octanol–water partition coefficient (Wildman–Crippen LogP) is 5.54. The van der Waals surface area contributed by atoms with E-state index in [1.807, 2.05) is 0 Å². The summed E-state index contributed by atoms with van der Waals surface area (Å²) in [6.45, 7) is 16.3. The second kappa shape index (κ2) is 9.16. The minimum atomic E-state index is 0.379. The highest BCUT2D eigenvalue weighted by molar-refractivity contribution is 5.59. The minimum Gasteiger partial charge on any atom is -0.372 e. The first-order valence-corrected chi connectivity index (χ1v) is 12.3. The van der Waals surface area contributed by atoms with Gasteiger partial charge in [0.1, 0.15) is 6.61 Å². The molecule has 0 aromatic heterocycles. The number of methoxy groups -OCH3 is 1. The molecule has 31 heavy (non-hydrogen) atoms. The van der Waals surface area contributed by atoms with Crippen LogP contribution in [-0.2, 0) is 4.74 Å². The number of benzene rings is 1. The second-order valence-corrected chi connectivity index (χ2v) is 11.8. The average molecular weight is 423 g/mol. The quantitative estimate of drug-likeness (QED) is 0.580. The van der Waals surface area contributed by atoms with Crippen molar-refractivity contribution in [1.82, 2.24) is 4.90 Å². The maximum absolute atomic E-state index is 5.14. The van der Waals surface area contributed by atoms with E-state index >= 15 is 0 Å². The molecule has 2 aliphatic carbocycles. The van der Waals surface area contributed by atoms with Gasteiger partial charge in [-0.25, -0.2) is 0 Å². The van der Waals surface area contributed by atoms with Crippen molar-refractivity contribution in [3.05, 3.63) is 29.3 Å². The fourth-order valence-corrected chi connectivity index (χ4v) is 6.36. The zero-order valence-electron chi connectivity index (χ0n) is 20.5. The largest absolute Gasteiger partial charge is 0.372 e. The number of hydrogen-bond acceptors (Lipinski definition) is 3. The van der Waals surface area contributed by atoms with Gasteiger partial charge in [-0.1, -0.05) is 39.5 Å². The van der Waals surface area contributed by atoms with Crippen LogP contribution in [0.15, 0.2) is 18.2 Å². The summed E-state index contributed by atoms with van der Waals surface area (Å²) in [4.78, 5) is 5.34. The molecule has 0 bridgehead atoms. The first kappa shape index (κ1) is 22.7. The summed E-state index contributed by atoms with van der Waals surface area (Å²) < 4.78 is 5.14. The van der Waals surface area contributed by atoms with Crippen LogP contribution in [0, 0.1) is 28.6 Å². The van der Waals surface area contributed by atoms with Gasteiger partial charge in [0.2, 0.25) is 0 Å². The Morgan fingerprint density at radius 3 is 2.29 bits per heavy atom. The molecule has 1 aromatic rings. The van der Waals surface area contributed by atoms with Gasteiger partial charge in [0, 0.05) is 51.1 Å². The highest BCUT2D eigenvalue weighted by Gasteiger charge is 2.40. The molecule has 0 radical (unpaired) electrons. The number of ether oxygens (including phenoxy) is 1. The molecular weight excluding hydrogens is 380 g/mol. The number of hydrogen-bond donors (Lipinski definition) is 0. The fraction of sp³-hybridized carbons (Fsp3) is 0.714. The van der Waals surface area contributed by atoms with E-state index in [0.717, 1.165) is 24.6 Å². The van der Waals surface area contributed by atoms with Crippen molar-refractivity contribution < 1.29 is 4.74 Å². The topological polar surface area (TPSA) is 15.7 Å². The highest BCUT2D eigenvalue weighted by Crippen LogP contribution is 2.53. The van der Waals surface area contributed by atoms with Crippen LogP contribution < -0.4 is 4.90 Å².